The Hall–Kier alpha value is -0.610. The number of sulfonamides is 1. The molecule has 0 unspecified atom stereocenters. The molecule has 0 spiro atoms. The van der Waals surface area contributed by atoms with E-state index in [-0.39, 0.29) is 6.04 Å². The number of nitrogens with one attached hydrogen (secondary N) is 1. The van der Waals surface area contributed by atoms with Gasteiger partial charge in [-0.3, -0.25) is 0 Å². The van der Waals surface area contributed by atoms with Gasteiger partial charge in [-0.1, -0.05) is 39.8 Å². The monoisotopic (exact) mass is 301 g/mol. The highest BCUT2D eigenvalue weighted by Gasteiger charge is 2.24. The van der Waals surface area contributed by atoms with Crippen molar-refractivity contribution in [1.82, 2.24) is 4.72 Å². The summed E-state index contributed by atoms with van der Waals surface area (Å²) in [5, 5.41) is 0. The van der Waals surface area contributed by atoms with Crippen LogP contribution in [-0.4, -0.2) is 14.5 Å². The molecule has 1 N–H and O–H groups in total. The third-order valence-corrected chi connectivity index (χ3v) is 4.95. The molecule has 0 bridgehead atoms. The average Bonchev–Trinajstić information content (AvgIpc) is 2.43. The van der Waals surface area contributed by atoms with E-state index in [2.05, 4.69) is 11.6 Å². The Labute approximate surface area is 125 Å². The zero-order valence-corrected chi connectivity index (χ0v) is 14.5. The molecule has 1 fully saturated rings. The lowest BCUT2D eigenvalue weighted by Crippen LogP contribution is -2.37. The molecule has 0 aromatic carbocycles. The van der Waals surface area contributed by atoms with Crippen molar-refractivity contribution >= 4 is 10.0 Å². The van der Waals surface area contributed by atoms with E-state index >= 15 is 0 Å². The van der Waals surface area contributed by atoms with E-state index < -0.39 is 10.0 Å². The van der Waals surface area contributed by atoms with Gasteiger partial charge in [0.1, 0.15) is 0 Å². The van der Waals surface area contributed by atoms with Crippen molar-refractivity contribution in [2.24, 2.45) is 5.92 Å². The van der Waals surface area contributed by atoms with E-state index in [9.17, 15) is 8.42 Å². The van der Waals surface area contributed by atoms with E-state index in [0.29, 0.717) is 4.91 Å². The van der Waals surface area contributed by atoms with Crippen molar-refractivity contribution in [3.05, 3.63) is 23.1 Å². The van der Waals surface area contributed by atoms with Gasteiger partial charge in [-0.25, -0.2) is 13.1 Å². The van der Waals surface area contributed by atoms with Gasteiger partial charge in [-0.15, -0.1) is 0 Å². The Balaban J connectivity index is 0.00000172. The predicted molar refractivity (Wildman–Crippen MR) is 88.0 cm³/mol. The summed E-state index contributed by atoms with van der Waals surface area (Å²) >= 11 is 0. The highest BCUT2D eigenvalue weighted by Crippen LogP contribution is 2.24. The summed E-state index contributed by atoms with van der Waals surface area (Å²) in [5.74, 6) is 0.729. The standard InChI is InChI=1S/C14H25NO2S.C2H6/c1-4-6-14(7-5-2)18(16,17)15-13-10-8-12(3)9-11-13;1-2/h4,6-7,12-13,15H,5,8-11H2,1-3H3;1-2H3/b6-4-,14-7+;. The summed E-state index contributed by atoms with van der Waals surface area (Å²) in [5.41, 5.74) is 0. The molecule has 1 aliphatic rings. The van der Waals surface area contributed by atoms with E-state index in [1.54, 1.807) is 18.2 Å². The maximum Gasteiger partial charge on any atom is 0.240 e. The zero-order chi connectivity index (χ0) is 15.6. The second kappa shape index (κ2) is 10.2. The minimum Gasteiger partial charge on any atom is -0.208 e. The third-order valence-electron chi connectivity index (χ3n) is 3.38. The smallest absolute Gasteiger partial charge is 0.208 e. The molecule has 0 saturated heterocycles. The molecule has 0 aliphatic heterocycles. The summed E-state index contributed by atoms with van der Waals surface area (Å²) in [6.45, 7) is 10.0. The fourth-order valence-corrected chi connectivity index (χ4v) is 3.81. The molecule has 0 atom stereocenters. The second-order valence-electron chi connectivity index (χ2n) is 5.09. The van der Waals surface area contributed by atoms with Crippen LogP contribution in [0, 0.1) is 5.92 Å². The summed E-state index contributed by atoms with van der Waals surface area (Å²) in [7, 11) is -3.34. The van der Waals surface area contributed by atoms with E-state index in [0.717, 1.165) is 38.0 Å². The third kappa shape index (κ3) is 6.71. The first kappa shape index (κ1) is 19.4. The van der Waals surface area contributed by atoms with Gasteiger partial charge < -0.3 is 0 Å². The minimum atomic E-state index is -3.34. The van der Waals surface area contributed by atoms with Gasteiger partial charge in [0.15, 0.2) is 0 Å². The summed E-state index contributed by atoms with van der Waals surface area (Å²) in [6, 6.07) is 0.108. The first-order chi connectivity index (χ1) is 9.49. The molecule has 1 aliphatic carbocycles. The summed E-state index contributed by atoms with van der Waals surface area (Å²) in [4.78, 5) is 0.395. The Morgan fingerprint density at radius 3 is 2.20 bits per heavy atom. The molecule has 0 aromatic heterocycles. The molecule has 4 heteroatoms. The zero-order valence-electron chi connectivity index (χ0n) is 13.6. The van der Waals surface area contributed by atoms with Gasteiger partial charge in [0.05, 0.1) is 4.91 Å². The maximum atomic E-state index is 12.2. The molecule has 0 heterocycles. The summed E-state index contributed by atoms with van der Waals surface area (Å²) < 4.78 is 27.3. The van der Waals surface area contributed by atoms with E-state index in [1.807, 2.05) is 27.7 Å². The minimum absolute atomic E-state index is 0.108. The van der Waals surface area contributed by atoms with Crippen LogP contribution in [0.2, 0.25) is 0 Å². The average molecular weight is 301 g/mol. The molecular formula is C16H31NO2S. The van der Waals surface area contributed by atoms with Crippen LogP contribution in [0.5, 0.6) is 0 Å². The Morgan fingerprint density at radius 2 is 1.75 bits per heavy atom. The molecule has 1 saturated carbocycles. The van der Waals surface area contributed by atoms with Crippen molar-refractivity contribution in [2.45, 2.75) is 72.8 Å². The van der Waals surface area contributed by atoms with Crippen LogP contribution in [0.4, 0.5) is 0 Å². The van der Waals surface area contributed by atoms with Crippen LogP contribution in [0.15, 0.2) is 23.1 Å². The van der Waals surface area contributed by atoms with Crippen molar-refractivity contribution in [3.63, 3.8) is 0 Å². The van der Waals surface area contributed by atoms with Crippen molar-refractivity contribution in [1.29, 1.82) is 0 Å². The molecule has 118 valence electrons. The fraction of sp³-hybridized carbons (Fsp3) is 0.750. The van der Waals surface area contributed by atoms with Gasteiger partial charge in [-0.05, 0) is 51.0 Å². The number of rotatable bonds is 5. The van der Waals surface area contributed by atoms with Gasteiger partial charge in [0.2, 0.25) is 10.0 Å². The molecule has 0 radical (unpaired) electrons. The highest BCUT2D eigenvalue weighted by molar-refractivity contribution is 7.93. The second-order valence-corrected chi connectivity index (χ2v) is 6.81. The predicted octanol–water partition coefficient (Wildman–Crippen LogP) is 4.38. The number of hydrogen-bond acceptors (Lipinski definition) is 2. The Bertz CT molecular complexity index is 402. The van der Waals surface area contributed by atoms with E-state index in [4.69, 9.17) is 0 Å². The van der Waals surface area contributed by atoms with Crippen LogP contribution in [-0.2, 0) is 10.0 Å². The maximum absolute atomic E-state index is 12.2. The lowest BCUT2D eigenvalue weighted by molar-refractivity contribution is 0.332. The van der Waals surface area contributed by atoms with Crippen molar-refractivity contribution < 1.29 is 8.42 Å². The highest BCUT2D eigenvalue weighted by atomic mass is 32.2. The van der Waals surface area contributed by atoms with Gasteiger partial charge >= 0.3 is 0 Å². The largest absolute Gasteiger partial charge is 0.240 e. The SMILES string of the molecule is C/C=C\C(=C/CC)S(=O)(=O)NC1CCC(C)CC1.CC. The number of allylic oxidation sites excluding steroid dienone is 3. The van der Waals surface area contributed by atoms with Gasteiger partial charge in [0.25, 0.3) is 0 Å². The normalized spacial score (nSPS) is 24.4. The van der Waals surface area contributed by atoms with Crippen molar-refractivity contribution in [2.75, 3.05) is 0 Å². The van der Waals surface area contributed by atoms with Crippen LogP contribution < -0.4 is 4.72 Å². The number of hydrogen-bond donors (Lipinski definition) is 1. The van der Waals surface area contributed by atoms with Crippen LogP contribution in [0.25, 0.3) is 0 Å². The Kier molecular flexibility index (Phi) is 9.86. The Morgan fingerprint density at radius 1 is 1.20 bits per heavy atom. The quantitative estimate of drug-likeness (QED) is 0.766. The topological polar surface area (TPSA) is 46.2 Å². The lowest BCUT2D eigenvalue weighted by atomic mass is 9.88. The molecule has 0 aromatic rings. The van der Waals surface area contributed by atoms with Gasteiger partial charge in [0, 0.05) is 6.04 Å². The van der Waals surface area contributed by atoms with Gasteiger partial charge in [-0.2, -0.15) is 0 Å². The fourth-order valence-electron chi connectivity index (χ4n) is 2.30. The van der Waals surface area contributed by atoms with Crippen molar-refractivity contribution in [3.8, 4) is 0 Å². The lowest BCUT2D eigenvalue weighted by Gasteiger charge is -2.26. The molecule has 20 heavy (non-hydrogen) atoms. The van der Waals surface area contributed by atoms with E-state index in [1.165, 1.54) is 0 Å². The summed E-state index contributed by atoms with van der Waals surface area (Å²) in [6.07, 6.45) is 10.1. The molecular weight excluding hydrogens is 270 g/mol. The van der Waals surface area contributed by atoms with Crippen LogP contribution in [0.1, 0.15) is 66.7 Å². The molecule has 0 amide bonds. The van der Waals surface area contributed by atoms with Crippen LogP contribution in [0.3, 0.4) is 0 Å². The first-order valence-corrected chi connectivity index (χ1v) is 9.33. The molecule has 1 rings (SSSR count). The van der Waals surface area contributed by atoms with Crippen LogP contribution >= 0.6 is 0 Å². The first-order valence-electron chi connectivity index (χ1n) is 7.84. The molecule has 3 nitrogen and oxygen atoms in total.